The summed E-state index contributed by atoms with van der Waals surface area (Å²) < 4.78 is 5.57. The average Bonchev–Trinajstić information content (AvgIpc) is 2.64. The summed E-state index contributed by atoms with van der Waals surface area (Å²) in [6.07, 6.45) is 1.77. The van der Waals surface area contributed by atoms with Gasteiger partial charge in [-0.15, -0.1) is 0 Å². The van der Waals surface area contributed by atoms with Gasteiger partial charge in [-0.1, -0.05) is 29.8 Å². The Morgan fingerprint density at radius 2 is 2.25 bits per heavy atom. The van der Waals surface area contributed by atoms with Gasteiger partial charge in [0.1, 0.15) is 0 Å². The zero-order valence-electron chi connectivity index (χ0n) is 9.45. The molecular formula is C13H17ClO2. The molecule has 1 saturated heterocycles. The quantitative estimate of drug-likeness (QED) is 0.880. The van der Waals surface area contributed by atoms with Crippen molar-refractivity contribution < 1.29 is 9.84 Å². The van der Waals surface area contributed by atoms with Crippen LogP contribution in [0, 0.1) is 5.41 Å². The van der Waals surface area contributed by atoms with E-state index < -0.39 is 0 Å². The molecule has 0 aliphatic carbocycles. The van der Waals surface area contributed by atoms with Crippen LogP contribution in [0.5, 0.6) is 0 Å². The first-order valence-electron chi connectivity index (χ1n) is 5.64. The monoisotopic (exact) mass is 240 g/mol. The molecule has 1 aromatic carbocycles. The SMILES string of the molecule is CC1OCCC1(CO)Cc1ccccc1Cl. The highest BCUT2D eigenvalue weighted by Crippen LogP contribution is 2.38. The third-order valence-electron chi connectivity index (χ3n) is 3.65. The molecule has 1 N–H and O–H groups in total. The number of aliphatic hydroxyl groups excluding tert-OH is 1. The second-order valence-electron chi connectivity index (χ2n) is 4.55. The summed E-state index contributed by atoms with van der Waals surface area (Å²) in [4.78, 5) is 0. The average molecular weight is 241 g/mol. The molecule has 1 fully saturated rings. The van der Waals surface area contributed by atoms with Crippen molar-refractivity contribution in [2.45, 2.75) is 25.9 Å². The molecule has 88 valence electrons. The number of rotatable bonds is 3. The molecule has 0 spiro atoms. The van der Waals surface area contributed by atoms with E-state index in [1.165, 1.54) is 0 Å². The molecular weight excluding hydrogens is 224 g/mol. The van der Waals surface area contributed by atoms with Crippen LogP contribution in [-0.2, 0) is 11.2 Å². The Labute approximate surface area is 101 Å². The summed E-state index contributed by atoms with van der Waals surface area (Å²) in [6, 6.07) is 7.81. The number of hydrogen-bond acceptors (Lipinski definition) is 2. The van der Waals surface area contributed by atoms with Gasteiger partial charge in [0.2, 0.25) is 0 Å². The fraction of sp³-hybridized carbons (Fsp3) is 0.538. The number of benzene rings is 1. The van der Waals surface area contributed by atoms with Gasteiger partial charge in [-0.3, -0.25) is 0 Å². The molecule has 1 aliphatic heterocycles. The topological polar surface area (TPSA) is 29.5 Å². The Balaban J connectivity index is 2.22. The minimum atomic E-state index is -0.162. The van der Waals surface area contributed by atoms with Crippen molar-refractivity contribution in [2.24, 2.45) is 5.41 Å². The molecule has 1 aromatic rings. The van der Waals surface area contributed by atoms with Crippen LogP contribution < -0.4 is 0 Å². The second kappa shape index (κ2) is 4.74. The summed E-state index contributed by atoms with van der Waals surface area (Å²) in [5.41, 5.74) is 0.931. The van der Waals surface area contributed by atoms with Crippen LogP contribution >= 0.6 is 11.6 Å². The van der Waals surface area contributed by atoms with Crippen LogP contribution in [0.25, 0.3) is 0 Å². The molecule has 2 nitrogen and oxygen atoms in total. The molecule has 3 heteroatoms. The lowest BCUT2D eigenvalue weighted by atomic mass is 9.77. The Bertz CT molecular complexity index is 367. The van der Waals surface area contributed by atoms with Crippen LogP contribution in [0.4, 0.5) is 0 Å². The van der Waals surface area contributed by atoms with E-state index >= 15 is 0 Å². The van der Waals surface area contributed by atoms with Gasteiger partial charge < -0.3 is 9.84 Å². The number of hydrogen-bond donors (Lipinski definition) is 1. The zero-order valence-corrected chi connectivity index (χ0v) is 10.2. The van der Waals surface area contributed by atoms with E-state index in [9.17, 15) is 5.11 Å². The normalized spacial score (nSPS) is 29.6. The maximum Gasteiger partial charge on any atom is 0.0629 e. The van der Waals surface area contributed by atoms with Gasteiger partial charge in [0.05, 0.1) is 12.7 Å². The van der Waals surface area contributed by atoms with Crippen molar-refractivity contribution in [3.8, 4) is 0 Å². The maximum atomic E-state index is 9.62. The molecule has 0 amide bonds. The highest BCUT2D eigenvalue weighted by molar-refractivity contribution is 6.31. The highest BCUT2D eigenvalue weighted by atomic mass is 35.5. The molecule has 0 radical (unpaired) electrons. The summed E-state index contributed by atoms with van der Waals surface area (Å²) in [5, 5.41) is 10.4. The smallest absolute Gasteiger partial charge is 0.0629 e. The summed E-state index contributed by atoms with van der Waals surface area (Å²) in [6.45, 7) is 2.91. The summed E-state index contributed by atoms with van der Waals surface area (Å²) in [5.74, 6) is 0. The van der Waals surface area contributed by atoms with Gasteiger partial charge in [0, 0.05) is 17.0 Å². The molecule has 2 atom stereocenters. The molecule has 2 unspecified atom stereocenters. The van der Waals surface area contributed by atoms with Crippen molar-refractivity contribution in [3.05, 3.63) is 34.9 Å². The lowest BCUT2D eigenvalue weighted by Gasteiger charge is -2.30. The second-order valence-corrected chi connectivity index (χ2v) is 4.96. The van der Waals surface area contributed by atoms with Crippen molar-refractivity contribution >= 4 is 11.6 Å². The van der Waals surface area contributed by atoms with Crippen LogP contribution in [-0.4, -0.2) is 24.4 Å². The number of halogens is 1. The number of ether oxygens (including phenoxy) is 1. The van der Waals surface area contributed by atoms with Crippen molar-refractivity contribution in [3.63, 3.8) is 0 Å². The third kappa shape index (κ3) is 2.10. The largest absolute Gasteiger partial charge is 0.396 e. The summed E-state index contributed by atoms with van der Waals surface area (Å²) in [7, 11) is 0. The predicted molar refractivity (Wildman–Crippen MR) is 64.7 cm³/mol. The Morgan fingerprint density at radius 1 is 1.50 bits per heavy atom. The van der Waals surface area contributed by atoms with Gasteiger partial charge in [0.25, 0.3) is 0 Å². The fourth-order valence-corrected chi connectivity index (χ4v) is 2.54. The molecule has 1 aliphatic rings. The standard InChI is InChI=1S/C13H17ClO2/c1-10-13(9-15,6-7-16-10)8-11-4-2-3-5-12(11)14/h2-5,10,15H,6-9H2,1H3. The van der Waals surface area contributed by atoms with Gasteiger partial charge in [-0.25, -0.2) is 0 Å². The third-order valence-corrected chi connectivity index (χ3v) is 4.01. The molecule has 0 bridgehead atoms. The molecule has 0 saturated carbocycles. The Morgan fingerprint density at radius 3 is 2.81 bits per heavy atom. The van der Waals surface area contributed by atoms with Crippen LogP contribution in [0.2, 0.25) is 5.02 Å². The first-order valence-corrected chi connectivity index (χ1v) is 6.02. The van der Waals surface area contributed by atoms with E-state index in [1.807, 2.05) is 31.2 Å². The van der Waals surface area contributed by atoms with Gasteiger partial charge in [-0.05, 0) is 31.4 Å². The number of aliphatic hydroxyl groups is 1. The molecule has 2 rings (SSSR count). The first kappa shape index (κ1) is 11.9. The minimum absolute atomic E-state index is 0.0915. The molecule has 16 heavy (non-hydrogen) atoms. The van der Waals surface area contributed by atoms with E-state index in [-0.39, 0.29) is 18.1 Å². The van der Waals surface area contributed by atoms with E-state index in [1.54, 1.807) is 0 Å². The zero-order chi connectivity index (χ0) is 11.6. The van der Waals surface area contributed by atoms with Crippen molar-refractivity contribution in [1.29, 1.82) is 0 Å². The van der Waals surface area contributed by atoms with Crippen molar-refractivity contribution in [2.75, 3.05) is 13.2 Å². The van der Waals surface area contributed by atoms with E-state index in [0.29, 0.717) is 0 Å². The lowest BCUT2D eigenvalue weighted by molar-refractivity contribution is 0.0272. The summed E-state index contributed by atoms with van der Waals surface area (Å²) >= 11 is 6.15. The fourth-order valence-electron chi connectivity index (χ4n) is 2.34. The predicted octanol–water partition coefficient (Wildman–Crippen LogP) is 2.67. The first-order chi connectivity index (χ1) is 7.68. The van der Waals surface area contributed by atoms with E-state index in [0.717, 1.165) is 30.0 Å². The van der Waals surface area contributed by atoms with Crippen LogP contribution in [0.3, 0.4) is 0 Å². The Kier molecular flexibility index (Phi) is 3.53. The molecule has 0 aromatic heterocycles. The molecule has 1 heterocycles. The van der Waals surface area contributed by atoms with Gasteiger partial charge in [-0.2, -0.15) is 0 Å². The van der Waals surface area contributed by atoms with Gasteiger partial charge in [0.15, 0.2) is 0 Å². The van der Waals surface area contributed by atoms with Crippen LogP contribution in [0.15, 0.2) is 24.3 Å². The van der Waals surface area contributed by atoms with E-state index in [2.05, 4.69) is 0 Å². The lowest BCUT2D eigenvalue weighted by Crippen LogP contribution is -2.35. The van der Waals surface area contributed by atoms with Crippen LogP contribution in [0.1, 0.15) is 18.9 Å². The van der Waals surface area contributed by atoms with Gasteiger partial charge >= 0.3 is 0 Å². The minimum Gasteiger partial charge on any atom is -0.396 e. The highest BCUT2D eigenvalue weighted by Gasteiger charge is 2.41. The van der Waals surface area contributed by atoms with Crippen molar-refractivity contribution in [1.82, 2.24) is 0 Å². The Hall–Kier alpha value is -0.570. The van der Waals surface area contributed by atoms with E-state index in [4.69, 9.17) is 16.3 Å². The maximum absolute atomic E-state index is 9.62.